The Balaban J connectivity index is 3.07. The molecule has 0 unspecified atom stereocenters. The Morgan fingerprint density at radius 1 is 0.306 bits per heavy atom. The summed E-state index contributed by atoms with van der Waals surface area (Å²) in [7, 11) is 0. The molecule has 0 aliphatic rings. The molecule has 0 aromatic rings. The van der Waals surface area contributed by atoms with Gasteiger partial charge >= 0.3 is 0 Å². The SMILES string of the molecule is CCCCCCCCCCCCCCCC/C=[C]/CCCCCCCCCCCCCCCCCC. The quantitative estimate of drug-likeness (QED) is 0.0800. The number of allylic oxidation sites excluding steroid dienone is 2. The molecule has 0 heterocycles. The van der Waals surface area contributed by atoms with Crippen LogP contribution in [0.15, 0.2) is 6.08 Å². The first-order chi connectivity index (χ1) is 17.9. The van der Waals surface area contributed by atoms with Gasteiger partial charge in [0.15, 0.2) is 0 Å². The second-order valence-electron chi connectivity index (χ2n) is 11.8. The molecule has 0 saturated carbocycles. The van der Waals surface area contributed by atoms with Crippen LogP contribution in [-0.2, 0) is 0 Å². The summed E-state index contributed by atoms with van der Waals surface area (Å²) in [6.07, 6.45) is 51.9. The second kappa shape index (κ2) is 34.7. The number of rotatable bonds is 32. The summed E-state index contributed by atoms with van der Waals surface area (Å²) in [6.45, 7) is 4.61. The lowest BCUT2D eigenvalue weighted by Gasteiger charge is -2.03. The summed E-state index contributed by atoms with van der Waals surface area (Å²) in [6, 6.07) is 0. The molecular weight excluding hydrogens is 432 g/mol. The van der Waals surface area contributed by atoms with Gasteiger partial charge in [0.05, 0.1) is 0 Å². The van der Waals surface area contributed by atoms with E-state index in [1.807, 2.05) is 0 Å². The van der Waals surface area contributed by atoms with Crippen molar-refractivity contribution in [3.8, 4) is 0 Å². The summed E-state index contributed by atoms with van der Waals surface area (Å²) >= 11 is 0. The van der Waals surface area contributed by atoms with Gasteiger partial charge in [-0.15, -0.1) is 0 Å². The van der Waals surface area contributed by atoms with E-state index in [-0.39, 0.29) is 0 Å². The molecule has 0 rings (SSSR count). The maximum atomic E-state index is 3.56. The van der Waals surface area contributed by atoms with Crippen LogP contribution in [0.5, 0.6) is 0 Å². The molecule has 0 aliphatic heterocycles. The van der Waals surface area contributed by atoms with Crippen LogP contribution in [0.2, 0.25) is 0 Å². The van der Waals surface area contributed by atoms with Gasteiger partial charge in [-0.2, -0.15) is 0 Å². The minimum atomic E-state index is 1.19. The highest BCUT2D eigenvalue weighted by atomic mass is 14.0. The first kappa shape index (κ1) is 35.7. The minimum Gasteiger partial charge on any atom is -0.0811 e. The van der Waals surface area contributed by atoms with Gasteiger partial charge in [0.25, 0.3) is 0 Å². The molecule has 36 heavy (non-hydrogen) atoms. The molecule has 0 N–H and O–H groups in total. The first-order valence-electron chi connectivity index (χ1n) is 17.5. The predicted octanol–water partition coefficient (Wildman–Crippen LogP) is 13.9. The van der Waals surface area contributed by atoms with Gasteiger partial charge in [-0.05, 0) is 31.8 Å². The molecule has 0 saturated heterocycles. The fraction of sp³-hybridized carbons (Fsp3) is 0.944. The van der Waals surface area contributed by atoms with Gasteiger partial charge in [0.1, 0.15) is 0 Å². The van der Waals surface area contributed by atoms with E-state index in [0.29, 0.717) is 0 Å². The largest absolute Gasteiger partial charge is 0.0811 e. The standard InChI is InChI=1S/C36H71/c1-3-5-7-9-11-13-15-17-19-21-23-25-27-29-31-33-35-36-34-32-30-28-26-24-22-20-18-16-14-12-10-8-6-4-2/h33H,3-32,34,36H2,1-2H3. The zero-order valence-electron chi connectivity index (χ0n) is 25.7. The molecule has 0 amide bonds. The molecule has 0 bridgehead atoms. The summed E-state index contributed by atoms with van der Waals surface area (Å²) in [5, 5.41) is 0. The van der Waals surface area contributed by atoms with Crippen molar-refractivity contribution in [1.29, 1.82) is 0 Å². The van der Waals surface area contributed by atoms with E-state index in [1.165, 1.54) is 205 Å². The zero-order chi connectivity index (χ0) is 26.0. The van der Waals surface area contributed by atoms with Crippen LogP contribution in [0, 0.1) is 6.08 Å². The summed E-state index contributed by atoms with van der Waals surface area (Å²) in [4.78, 5) is 0. The van der Waals surface area contributed by atoms with Gasteiger partial charge < -0.3 is 0 Å². The third-order valence-corrected chi connectivity index (χ3v) is 8.02. The van der Waals surface area contributed by atoms with Gasteiger partial charge in [-0.1, -0.05) is 200 Å². The Bertz CT molecular complexity index is 381. The average Bonchev–Trinajstić information content (AvgIpc) is 2.89. The van der Waals surface area contributed by atoms with Crippen LogP contribution >= 0.6 is 0 Å². The van der Waals surface area contributed by atoms with Crippen LogP contribution in [-0.4, -0.2) is 0 Å². The Morgan fingerprint density at radius 2 is 0.556 bits per heavy atom. The normalized spacial score (nSPS) is 11.7. The highest BCUT2D eigenvalue weighted by Crippen LogP contribution is 2.15. The Labute approximate surface area is 231 Å². The van der Waals surface area contributed by atoms with E-state index in [1.54, 1.807) is 0 Å². The molecule has 215 valence electrons. The van der Waals surface area contributed by atoms with E-state index < -0.39 is 0 Å². The molecule has 0 aromatic carbocycles. The van der Waals surface area contributed by atoms with E-state index in [4.69, 9.17) is 0 Å². The number of hydrogen-bond acceptors (Lipinski definition) is 0. The predicted molar refractivity (Wildman–Crippen MR) is 167 cm³/mol. The highest BCUT2D eigenvalue weighted by Gasteiger charge is 1.96. The molecule has 0 atom stereocenters. The first-order valence-corrected chi connectivity index (χ1v) is 17.5. The van der Waals surface area contributed by atoms with Crippen LogP contribution in [0.25, 0.3) is 0 Å². The van der Waals surface area contributed by atoms with Gasteiger partial charge in [0, 0.05) is 0 Å². The molecular formula is C36H71. The molecule has 0 aromatic heterocycles. The zero-order valence-corrected chi connectivity index (χ0v) is 25.7. The molecule has 0 nitrogen and oxygen atoms in total. The van der Waals surface area contributed by atoms with Crippen LogP contribution < -0.4 is 0 Å². The van der Waals surface area contributed by atoms with Gasteiger partial charge in [-0.3, -0.25) is 0 Å². The van der Waals surface area contributed by atoms with Crippen molar-refractivity contribution in [2.24, 2.45) is 0 Å². The van der Waals surface area contributed by atoms with Crippen molar-refractivity contribution in [3.63, 3.8) is 0 Å². The van der Waals surface area contributed by atoms with Crippen molar-refractivity contribution in [3.05, 3.63) is 12.2 Å². The monoisotopic (exact) mass is 504 g/mol. The Morgan fingerprint density at radius 3 is 0.861 bits per heavy atom. The average molecular weight is 504 g/mol. The van der Waals surface area contributed by atoms with E-state index >= 15 is 0 Å². The highest BCUT2D eigenvalue weighted by molar-refractivity contribution is 4.73. The molecule has 0 fully saturated rings. The van der Waals surface area contributed by atoms with Crippen molar-refractivity contribution in [2.45, 2.75) is 219 Å². The van der Waals surface area contributed by atoms with Crippen molar-refractivity contribution in [1.82, 2.24) is 0 Å². The molecule has 0 spiro atoms. The number of unbranched alkanes of at least 4 members (excludes halogenated alkanes) is 30. The van der Waals surface area contributed by atoms with Crippen molar-refractivity contribution < 1.29 is 0 Å². The molecule has 1 radical (unpaired) electrons. The minimum absolute atomic E-state index is 1.19. The Hall–Kier alpha value is -0.260. The molecule has 0 aliphatic carbocycles. The third kappa shape index (κ3) is 33.7. The van der Waals surface area contributed by atoms with Gasteiger partial charge in [-0.25, -0.2) is 0 Å². The lowest BCUT2D eigenvalue weighted by molar-refractivity contribution is 0.529. The fourth-order valence-corrected chi connectivity index (χ4v) is 5.42. The second-order valence-corrected chi connectivity index (χ2v) is 11.8. The lowest BCUT2D eigenvalue weighted by Crippen LogP contribution is -1.83. The maximum absolute atomic E-state index is 3.56. The molecule has 0 heteroatoms. The topological polar surface area (TPSA) is 0 Å². The summed E-state index contributed by atoms with van der Waals surface area (Å²) in [5.74, 6) is 0. The smallest absolute Gasteiger partial charge is 0.0279 e. The van der Waals surface area contributed by atoms with Crippen LogP contribution in [0.3, 0.4) is 0 Å². The van der Waals surface area contributed by atoms with Crippen LogP contribution in [0.4, 0.5) is 0 Å². The van der Waals surface area contributed by atoms with Gasteiger partial charge in [0.2, 0.25) is 0 Å². The van der Waals surface area contributed by atoms with Crippen molar-refractivity contribution >= 4 is 0 Å². The van der Waals surface area contributed by atoms with Crippen LogP contribution in [0.1, 0.15) is 219 Å². The van der Waals surface area contributed by atoms with Crippen molar-refractivity contribution in [2.75, 3.05) is 0 Å². The van der Waals surface area contributed by atoms with E-state index in [9.17, 15) is 0 Å². The summed E-state index contributed by atoms with van der Waals surface area (Å²) < 4.78 is 0. The maximum Gasteiger partial charge on any atom is -0.0279 e. The summed E-state index contributed by atoms with van der Waals surface area (Å²) in [5.41, 5.74) is 0. The third-order valence-electron chi connectivity index (χ3n) is 8.02. The van der Waals surface area contributed by atoms with E-state index in [2.05, 4.69) is 26.0 Å². The van der Waals surface area contributed by atoms with E-state index in [0.717, 1.165) is 0 Å². The fourth-order valence-electron chi connectivity index (χ4n) is 5.42. The lowest BCUT2D eigenvalue weighted by atomic mass is 10.0. The Kier molecular flexibility index (Phi) is 34.5. The number of hydrogen-bond donors (Lipinski definition) is 0.